The molecule has 0 spiro atoms. The van der Waals surface area contributed by atoms with Crippen molar-refractivity contribution in [3.63, 3.8) is 0 Å². The number of rotatable bonds is 4. The highest BCUT2D eigenvalue weighted by molar-refractivity contribution is 5.16. The summed E-state index contributed by atoms with van der Waals surface area (Å²) in [7, 11) is 0. The van der Waals surface area contributed by atoms with Gasteiger partial charge in [-0.2, -0.15) is 0 Å². The van der Waals surface area contributed by atoms with Crippen LogP contribution in [0, 0.1) is 6.92 Å². The van der Waals surface area contributed by atoms with E-state index < -0.39 is 0 Å². The Morgan fingerprint density at radius 2 is 2.42 bits per heavy atom. The van der Waals surface area contributed by atoms with Crippen LogP contribution < -0.4 is 5.73 Å². The summed E-state index contributed by atoms with van der Waals surface area (Å²) in [4.78, 5) is 4.15. The van der Waals surface area contributed by atoms with E-state index in [9.17, 15) is 0 Å². The lowest BCUT2D eigenvalue weighted by molar-refractivity contribution is 0.127. The highest BCUT2D eigenvalue weighted by Gasteiger charge is 1.96. The number of hydrogen-bond donors (Lipinski definition) is 1. The highest BCUT2D eigenvalue weighted by atomic mass is 16.5. The van der Waals surface area contributed by atoms with Gasteiger partial charge in [-0.1, -0.05) is 6.07 Å². The number of pyridine rings is 1. The molecule has 0 bridgehead atoms. The van der Waals surface area contributed by atoms with E-state index in [0.717, 1.165) is 11.3 Å². The van der Waals surface area contributed by atoms with Crippen LogP contribution in [0.4, 0.5) is 0 Å². The molecule has 1 aromatic heterocycles. The van der Waals surface area contributed by atoms with E-state index in [4.69, 9.17) is 10.5 Å². The van der Waals surface area contributed by atoms with Gasteiger partial charge in [0.25, 0.3) is 0 Å². The second-order valence-electron chi connectivity index (χ2n) is 2.59. The molecule has 3 nitrogen and oxygen atoms in total. The van der Waals surface area contributed by atoms with E-state index >= 15 is 0 Å². The lowest BCUT2D eigenvalue weighted by Gasteiger charge is -2.04. The lowest BCUT2D eigenvalue weighted by atomic mass is 10.2. The monoisotopic (exact) mass is 166 g/mol. The molecule has 1 heterocycles. The third-order valence-electron chi connectivity index (χ3n) is 1.64. The molecule has 0 aliphatic rings. The molecule has 0 unspecified atom stereocenters. The molecule has 12 heavy (non-hydrogen) atoms. The quantitative estimate of drug-likeness (QED) is 0.675. The Kier molecular flexibility index (Phi) is 3.70. The molecule has 3 heteroatoms. The van der Waals surface area contributed by atoms with Crippen molar-refractivity contribution < 1.29 is 4.74 Å². The van der Waals surface area contributed by atoms with E-state index in [0.29, 0.717) is 19.8 Å². The maximum Gasteiger partial charge on any atom is 0.0735 e. The fraction of sp³-hybridized carbons (Fsp3) is 0.444. The fourth-order valence-corrected chi connectivity index (χ4v) is 0.936. The SMILES string of the molecule is Cc1ncccc1COCCN. The van der Waals surface area contributed by atoms with E-state index in [1.807, 2.05) is 19.1 Å². The minimum atomic E-state index is 0.569. The third-order valence-corrected chi connectivity index (χ3v) is 1.64. The lowest BCUT2D eigenvalue weighted by Crippen LogP contribution is -2.08. The summed E-state index contributed by atoms with van der Waals surface area (Å²) in [5.41, 5.74) is 7.44. The number of nitrogens with zero attached hydrogens (tertiary/aromatic N) is 1. The van der Waals surface area contributed by atoms with Gasteiger partial charge < -0.3 is 10.5 Å². The first-order valence-corrected chi connectivity index (χ1v) is 4.03. The van der Waals surface area contributed by atoms with E-state index in [2.05, 4.69) is 4.98 Å². The Morgan fingerprint density at radius 1 is 1.58 bits per heavy atom. The first-order valence-electron chi connectivity index (χ1n) is 4.03. The van der Waals surface area contributed by atoms with Gasteiger partial charge in [-0.15, -0.1) is 0 Å². The van der Waals surface area contributed by atoms with E-state index in [-0.39, 0.29) is 0 Å². The van der Waals surface area contributed by atoms with Crippen molar-refractivity contribution >= 4 is 0 Å². The molecule has 0 radical (unpaired) electrons. The van der Waals surface area contributed by atoms with Crippen LogP contribution in [0.3, 0.4) is 0 Å². The summed E-state index contributed by atoms with van der Waals surface area (Å²) in [6, 6.07) is 3.92. The number of ether oxygens (including phenoxy) is 1. The molecule has 2 N–H and O–H groups in total. The molecule has 0 aliphatic carbocycles. The Labute approximate surface area is 72.6 Å². The normalized spacial score (nSPS) is 10.2. The molecule has 0 aromatic carbocycles. The zero-order chi connectivity index (χ0) is 8.81. The molecule has 1 rings (SSSR count). The van der Waals surface area contributed by atoms with Gasteiger partial charge in [0.15, 0.2) is 0 Å². The number of nitrogens with two attached hydrogens (primary N) is 1. The predicted molar refractivity (Wildman–Crippen MR) is 47.7 cm³/mol. The van der Waals surface area contributed by atoms with E-state index in [1.54, 1.807) is 6.20 Å². The standard InChI is InChI=1S/C9H14N2O/c1-8-9(3-2-5-11-8)7-12-6-4-10/h2-3,5H,4,6-7,10H2,1H3. The van der Waals surface area contributed by atoms with Crippen LogP contribution in [-0.2, 0) is 11.3 Å². The van der Waals surface area contributed by atoms with Crippen LogP contribution in [0.5, 0.6) is 0 Å². The van der Waals surface area contributed by atoms with Crippen molar-refractivity contribution in [3.05, 3.63) is 29.6 Å². The number of hydrogen-bond acceptors (Lipinski definition) is 3. The highest BCUT2D eigenvalue weighted by Crippen LogP contribution is 2.04. The van der Waals surface area contributed by atoms with Gasteiger partial charge >= 0.3 is 0 Å². The summed E-state index contributed by atoms with van der Waals surface area (Å²) in [5.74, 6) is 0. The fourth-order valence-electron chi connectivity index (χ4n) is 0.936. The van der Waals surface area contributed by atoms with Gasteiger partial charge in [0, 0.05) is 18.4 Å². The van der Waals surface area contributed by atoms with Crippen LogP contribution in [0.25, 0.3) is 0 Å². The average Bonchev–Trinajstić information content (AvgIpc) is 2.09. The Hall–Kier alpha value is -0.930. The second-order valence-corrected chi connectivity index (χ2v) is 2.59. The molecule has 0 saturated heterocycles. The van der Waals surface area contributed by atoms with Crippen LogP contribution in [0.15, 0.2) is 18.3 Å². The van der Waals surface area contributed by atoms with Crippen LogP contribution >= 0.6 is 0 Å². The summed E-state index contributed by atoms with van der Waals surface area (Å²) < 4.78 is 5.28. The molecular formula is C9H14N2O. The molecule has 66 valence electrons. The van der Waals surface area contributed by atoms with Crippen molar-refractivity contribution in [3.8, 4) is 0 Å². The molecule has 1 aromatic rings. The summed E-state index contributed by atoms with van der Waals surface area (Å²) >= 11 is 0. The summed E-state index contributed by atoms with van der Waals surface area (Å²) in [6.45, 7) is 3.76. The first-order chi connectivity index (χ1) is 5.84. The Bertz CT molecular complexity index is 238. The minimum absolute atomic E-state index is 0.569. The van der Waals surface area contributed by atoms with Gasteiger partial charge in [0.2, 0.25) is 0 Å². The largest absolute Gasteiger partial charge is 0.375 e. The first kappa shape index (κ1) is 9.16. The van der Waals surface area contributed by atoms with Gasteiger partial charge in [0.05, 0.1) is 13.2 Å². The molecule has 0 saturated carbocycles. The van der Waals surface area contributed by atoms with Crippen LogP contribution in [0.1, 0.15) is 11.3 Å². The molecular weight excluding hydrogens is 152 g/mol. The van der Waals surface area contributed by atoms with E-state index in [1.165, 1.54) is 0 Å². The molecule has 0 amide bonds. The molecule has 0 aliphatic heterocycles. The molecule has 0 atom stereocenters. The maximum absolute atomic E-state index is 5.29. The smallest absolute Gasteiger partial charge is 0.0735 e. The Balaban J connectivity index is 2.46. The van der Waals surface area contributed by atoms with Crippen LogP contribution in [0.2, 0.25) is 0 Å². The van der Waals surface area contributed by atoms with Gasteiger partial charge in [-0.25, -0.2) is 0 Å². The zero-order valence-corrected chi connectivity index (χ0v) is 7.29. The number of aromatic nitrogens is 1. The minimum Gasteiger partial charge on any atom is -0.375 e. The van der Waals surface area contributed by atoms with Crippen molar-refractivity contribution in [2.45, 2.75) is 13.5 Å². The second kappa shape index (κ2) is 4.85. The third kappa shape index (κ3) is 2.60. The topological polar surface area (TPSA) is 48.1 Å². The van der Waals surface area contributed by atoms with Crippen LogP contribution in [-0.4, -0.2) is 18.1 Å². The van der Waals surface area contributed by atoms with Gasteiger partial charge in [-0.05, 0) is 18.6 Å². The Morgan fingerprint density at radius 3 is 3.08 bits per heavy atom. The maximum atomic E-state index is 5.29. The predicted octanol–water partition coefficient (Wildman–Crippen LogP) is 0.865. The van der Waals surface area contributed by atoms with Crippen molar-refractivity contribution in [1.82, 2.24) is 4.98 Å². The van der Waals surface area contributed by atoms with Gasteiger partial charge in [0.1, 0.15) is 0 Å². The summed E-state index contributed by atoms with van der Waals surface area (Å²) in [6.07, 6.45) is 1.78. The zero-order valence-electron chi connectivity index (χ0n) is 7.29. The van der Waals surface area contributed by atoms with Crippen molar-refractivity contribution in [1.29, 1.82) is 0 Å². The average molecular weight is 166 g/mol. The van der Waals surface area contributed by atoms with Crippen molar-refractivity contribution in [2.75, 3.05) is 13.2 Å². The van der Waals surface area contributed by atoms with Gasteiger partial charge in [-0.3, -0.25) is 4.98 Å². The summed E-state index contributed by atoms with van der Waals surface area (Å²) in [5, 5.41) is 0. The van der Waals surface area contributed by atoms with Crippen molar-refractivity contribution in [2.24, 2.45) is 5.73 Å². The number of aryl methyl sites for hydroxylation is 1. The molecule has 0 fully saturated rings.